The first-order chi connectivity index (χ1) is 13.6. The van der Waals surface area contributed by atoms with Crippen molar-refractivity contribution in [1.82, 2.24) is 10.2 Å². The number of imide groups is 1. The summed E-state index contributed by atoms with van der Waals surface area (Å²) in [6.45, 7) is 0.859. The molecule has 28 heavy (non-hydrogen) atoms. The lowest BCUT2D eigenvalue weighted by Crippen LogP contribution is -2.32. The van der Waals surface area contributed by atoms with Gasteiger partial charge >= 0.3 is 0 Å². The molecule has 1 heterocycles. The summed E-state index contributed by atoms with van der Waals surface area (Å²) in [6.07, 6.45) is 0.746. The van der Waals surface area contributed by atoms with Gasteiger partial charge in [-0.3, -0.25) is 19.3 Å². The van der Waals surface area contributed by atoms with Gasteiger partial charge in [-0.15, -0.1) is 0 Å². The average molecular weight is 461 g/mol. The molecule has 0 bridgehead atoms. The molecule has 2 aromatic rings. The van der Waals surface area contributed by atoms with Gasteiger partial charge in [-0.1, -0.05) is 46.3 Å². The highest BCUT2D eigenvalue weighted by Crippen LogP contribution is 2.26. The second-order valence-electron chi connectivity index (χ2n) is 6.44. The first-order valence-corrected chi connectivity index (χ1v) is 11.0. The van der Waals surface area contributed by atoms with Crippen LogP contribution in [0.25, 0.3) is 0 Å². The lowest BCUT2D eigenvalue weighted by Gasteiger charge is -2.13. The second kappa shape index (κ2) is 9.89. The van der Waals surface area contributed by atoms with Gasteiger partial charge in [0.1, 0.15) is 0 Å². The molecule has 3 rings (SSSR count). The van der Waals surface area contributed by atoms with Crippen LogP contribution in [0.2, 0.25) is 0 Å². The summed E-state index contributed by atoms with van der Waals surface area (Å²) in [6, 6.07) is 15.3. The Bertz CT molecular complexity index is 873. The van der Waals surface area contributed by atoms with E-state index >= 15 is 0 Å². The molecule has 1 aliphatic rings. The van der Waals surface area contributed by atoms with E-state index in [-0.39, 0.29) is 24.3 Å². The van der Waals surface area contributed by atoms with Crippen molar-refractivity contribution in [1.29, 1.82) is 0 Å². The summed E-state index contributed by atoms with van der Waals surface area (Å²) in [5.74, 6) is 1.13. The maximum Gasteiger partial charge on any atom is 0.261 e. The number of rotatable bonds is 9. The highest BCUT2D eigenvalue weighted by molar-refractivity contribution is 9.10. The summed E-state index contributed by atoms with van der Waals surface area (Å²) < 4.78 is 0.763. The number of hydrogen-bond donors (Lipinski definition) is 1. The number of benzene rings is 2. The van der Waals surface area contributed by atoms with Gasteiger partial charge < -0.3 is 5.32 Å². The molecular weight excluding hydrogens is 440 g/mol. The maximum absolute atomic E-state index is 12.4. The summed E-state index contributed by atoms with van der Waals surface area (Å²) >= 11 is 5.09. The Morgan fingerprint density at radius 2 is 1.79 bits per heavy atom. The fourth-order valence-corrected chi connectivity index (χ4v) is 4.16. The van der Waals surface area contributed by atoms with E-state index in [2.05, 4.69) is 33.4 Å². The molecule has 0 saturated heterocycles. The number of amides is 3. The molecule has 0 aliphatic carbocycles. The zero-order chi connectivity index (χ0) is 19.9. The largest absolute Gasteiger partial charge is 0.355 e. The molecule has 0 atom stereocenters. The van der Waals surface area contributed by atoms with E-state index in [1.807, 2.05) is 18.2 Å². The number of nitrogens with zero attached hydrogens (tertiary/aromatic N) is 1. The Kier molecular flexibility index (Phi) is 7.28. The quantitative estimate of drug-likeness (QED) is 0.455. The van der Waals surface area contributed by atoms with Crippen molar-refractivity contribution in [2.45, 2.75) is 18.6 Å². The predicted molar refractivity (Wildman–Crippen MR) is 114 cm³/mol. The van der Waals surface area contributed by atoms with Crippen LogP contribution in [-0.4, -0.2) is 41.5 Å². The van der Waals surface area contributed by atoms with Gasteiger partial charge in [0, 0.05) is 35.5 Å². The summed E-state index contributed by atoms with van der Waals surface area (Å²) in [4.78, 5) is 37.9. The van der Waals surface area contributed by atoms with Crippen LogP contribution in [0.4, 0.5) is 0 Å². The van der Waals surface area contributed by atoms with E-state index in [9.17, 15) is 14.4 Å². The van der Waals surface area contributed by atoms with Crippen LogP contribution in [0.1, 0.15) is 39.1 Å². The van der Waals surface area contributed by atoms with Crippen molar-refractivity contribution in [3.63, 3.8) is 0 Å². The molecule has 0 spiro atoms. The van der Waals surface area contributed by atoms with E-state index in [1.165, 1.54) is 10.5 Å². The zero-order valence-electron chi connectivity index (χ0n) is 15.3. The van der Waals surface area contributed by atoms with Gasteiger partial charge in [0.15, 0.2) is 0 Å². The molecule has 0 fully saturated rings. The number of nitrogens with one attached hydrogen (secondary N) is 1. The van der Waals surface area contributed by atoms with E-state index in [0.717, 1.165) is 16.0 Å². The third-order valence-electron chi connectivity index (χ3n) is 4.40. The molecule has 2 aromatic carbocycles. The molecule has 1 aliphatic heterocycles. The summed E-state index contributed by atoms with van der Waals surface area (Å²) in [5.41, 5.74) is 2.11. The molecule has 146 valence electrons. The van der Waals surface area contributed by atoms with E-state index in [4.69, 9.17) is 0 Å². The number of thioether (sulfide) groups is 1. The smallest absolute Gasteiger partial charge is 0.261 e. The molecule has 1 N–H and O–H groups in total. The highest BCUT2D eigenvalue weighted by Gasteiger charge is 2.35. The minimum absolute atomic E-state index is 0.0559. The van der Waals surface area contributed by atoms with Crippen molar-refractivity contribution in [2.75, 3.05) is 18.8 Å². The summed E-state index contributed by atoms with van der Waals surface area (Å²) in [7, 11) is 0. The first-order valence-electron chi connectivity index (χ1n) is 9.10. The van der Waals surface area contributed by atoms with Crippen LogP contribution in [-0.2, 0) is 10.5 Å². The van der Waals surface area contributed by atoms with Crippen molar-refractivity contribution < 1.29 is 14.4 Å². The van der Waals surface area contributed by atoms with Crippen molar-refractivity contribution in [2.24, 2.45) is 0 Å². The number of hydrogen-bond acceptors (Lipinski definition) is 4. The molecule has 0 unspecified atom stereocenters. The SMILES string of the molecule is O=C(CCCN1C(=O)c2ccc(Br)cc2C1=O)NCCSCc1ccccc1. The lowest BCUT2D eigenvalue weighted by molar-refractivity contribution is -0.121. The van der Waals surface area contributed by atoms with Crippen molar-refractivity contribution in [3.8, 4) is 0 Å². The molecule has 0 radical (unpaired) electrons. The normalized spacial score (nSPS) is 13.0. The van der Waals surface area contributed by atoms with Crippen LogP contribution in [0.15, 0.2) is 53.0 Å². The second-order valence-corrected chi connectivity index (χ2v) is 8.46. The van der Waals surface area contributed by atoms with E-state index in [0.29, 0.717) is 30.5 Å². The maximum atomic E-state index is 12.4. The van der Waals surface area contributed by atoms with Gasteiger partial charge in [-0.2, -0.15) is 11.8 Å². The molecule has 0 saturated carbocycles. The molecule has 0 aromatic heterocycles. The summed E-state index contributed by atoms with van der Waals surface area (Å²) in [5, 5.41) is 2.89. The number of fused-ring (bicyclic) bond motifs is 1. The predicted octanol–water partition coefficient (Wildman–Crippen LogP) is 3.87. The minimum Gasteiger partial charge on any atom is -0.355 e. The Morgan fingerprint density at radius 1 is 1.04 bits per heavy atom. The number of carbonyl (C=O) groups is 3. The fraction of sp³-hybridized carbons (Fsp3) is 0.286. The molecule has 3 amide bonds. The fourth-order valence-electron chi connectivity index (χ4n) is 2.98. The Morgan fingerprint density at radius 3 is 2.57 bits per heavy atom. The van der Waals surface area contributed by atoms with E-state index in [1.54, 1.807) is 30.0 Å². The van der Waals surface area contributed by atoms with Crippen molar-refractivity contribution in [3.05, 3.63) is 69.7 Å². The third kappa shape index (κ3) is 5.23. The van der Waals surface area contributed by atoms with Crippen LogP contribution in [0.3, 0.4) is 0 Å². The first kappa shape index (κ1) is 20.6. The molecule has 5 nitrogen and oxygen atoms in total. The standard InChI is InChI=1S/C21H21BrN2O3S/c22-16-8-9-17-18(13-16)21(27)24(20(17)26)11-4-7-19(25)23-10-12-28-14-15-5-2-1-3-6-15/h1-3,5-6,8-9,13H,4,7,10-12,14H2,(H,23,25). The minimum atomic E-state index is -0.293. The lowest BCUT2D eigenvalue weighted by atomic mass is 10.1. The highest BCUT2D eigenvalue weighted by atomic mass is 79.9. The van der Waals surface area contributed by atoms with Gasteiger partial charge in [0.05, 0.1) is 11.1 Å². The average Bonchev–Trinajstić information content (AvgIpc) is 2.93. The van der Waals surface area contributed by atoms with E-state index < -0.39 is 0 Å². The Labute approximate surface area is 177 Å². The topological polar surface area (TPSA) is 66.5 Å². The van der Waals surface area contributed by atoms with Crippen LogP contribution < -0.4 is 5.32 Å². The third-order valence-corrected chi connectivity index (χ3v) is 5.92. The Hall–Kier alpha value is -2.12. The molecular formula is C21H21BrN2O3S. The van der Waals surface area contributed by atoms with Gasteiger partial charge in [-0.05, 0) is 30.2 Å². The van der Waals surface area contributed by atoms with Gasteiger partial charge in [-0.25, -0.2) is 0 Å². The monoisotopic (exact) mass is 460 g/mol. The zero-order valence-corrected chi connectivity index (χ0v) is 17.7. The van der Waals surface area contributed by atoms with Crippen LogP contribution in [0, 0.1) is 0 Å². The number of halogens is 1. The Balaban J connectivity index is 1.33. The van der Waals surface area contributed by atoms with Crippen LogP contribution in [0.5, 0.6) is 0 Å². The van der Waals surface area contributed by atoms with Crippen LogP contribution >= 0.6 is 27.7 Å². The van der Waals surface area contributed by atoms with Gasteiger partial charge in [0.2, 0.25) is 5.91 Å². The van der Waals surface area contributed by atoms with Crippen molar-refractivity contribution >= 4 is 45.4 Å². The molecule has 7 heteroatoms. The van der Waals surface area contributed by atoms with Gasteiger partial charge in [0.25, 0.3) is 11.8 Å². The number of carbonyl (C=O) groups excluding carboxylic acids is 3.